The van der Waals surface area contributed by atoms with Crippen LogP contribution in [0.5, 0.6) is 0 Å². The Balaban J connectivity index is 1.41. The Morgan fingerprint density at radius 3 is 2.25 bits per heavy atom. The maximum Gasteiger partial charge on any atom is 0.408 e. The molecule has 1 saturated heterocycles. The van der Waals surface area contributed by atoms with Crippen molar-refractivity contribution in [1.29, 1.82) is 0 Å². The van der Waals surface area contributed by atoms with Crippen LogP contribution in [0.1, 0.15) is 31.7 Å². The number of rotatable bonds is 12. The molecular formula is C32H41N5O6S. The van der Waals surface area contributed by atoms with E-state index in [0.717, 1.165) is 16.6 Å². The summed E-state index contributed by atoms with van der Waals surface area (Å²) in [7, 11) is 0.00584. The molecular weight excluding hydrogens is 582 g/mol. The topological polar surface area (TPSA) is 128 Å². The number of nitrogens with zero attached hydrogens (tertiary/aromatic N) is 3. The van der Waals surface area contributed by atoms with Gasteiger partial charge in [-0.15, -0.1) is 0 Å². The highest BCUT2D eigenvalue weighted by Gasteiger charge is 2.34. The number of carbonyl (C=O) groups excluding carboxylic acids is 3. The minimum Gasteiger partial charge on any atom is -0.445 e. The summed E-state index contributed by atoms with van der Waals surface area (Å²) in [4.78, 5) is 41.2. The van der Waals surface area contributed by atoms with Crippen molar-refractivity contribution in [3.05, 3.63) is 72.3 Å². The van der Waals surface area contributed by atoms with E-state index < -0.39 is 22.2 Å². The number of hydrogen-bond acceptors (Lipinski definition) is 7. The third-order valence-corrected chi connectivity index (χ3v) is 9.56. The number of ether oxygens (including phenoxy) is 1. The molecule has 3 aromatic rings. The van der Waals surface area contributed by atoms with Crippen molar-refractivity contribution >= 4 is 44.4 Å². The van der Waals surface area contributed by atoms with Crippen molar-refractivity contribution in [1.82, 2.24) is 19.8 Å². The molecule has 0 aliphatic carbocycles. The minimum absolute atomic E-state index is 0.0663. The first-order valence-corrected chi connectivity index (χ1v) is 16.2. The van der Waals surface area contributed by atoms with E-state index >= 15 is 0 Å². The van der Waals surface area contributed by atoms with Gasteiger partial charge in [0, 0.05) is 70.2 Å². The average molecular weight is 624 g/mol. The molecule has 0 bridgehead atoms. The molecule has 1 aliphatic rings. The Kier molecular flexibility index (Phi) is 11.2. The molecule has 12 heteroatoms. The van der Waals surface area contributed by atoms with E-state index in [0.29, 0.717) is 31.2 Å². The predicted molar refractivity (Wildman–Crippen MR) is 170 cm³/mol. The zero-order valence-electron chi connectivity index (χ0n) is 25.5. The molecule has 2 N–H and O–H groups in total. The number of carbonyl (C=O) groups is 3. The van der Waals surface area contributed by atoms with Gasteiger partial charge in [-0.1, -0.05) is 54.6 Å². The lowest BCUT2D eigenvalue weighted by Gasteiger charge is -2.36. The smallest absolute Gasteiger partial charge is 0.408 e. The monoisotopic (exact) mass is 623 g/mol. The maximum atomic E-state index is 13.8. The van der Waals surface area contributed by atoms with E-state index in [2.05, 4.69) is 10.6 Å². The van der Waals surface area contributed by atoms with Crippen molar-refractivity contribution in [2.75, 3.05) is 51.7 Å². The highest BCUT2D eigenvalue weighted by Crippen LogP contribution is 2.32. The molecule has 1 heterocycles. The van der Waals surface area contributed by atoms with Crippen LogP contribution in [0.15, 0.2) is 71.6 Å². The van der Waals surface area contributed by atoms with Crippen LogP contribution in [-0.4, -0.2) is 88.4 Å². The van der Waals surface area contributed by atoms with Gasteiger partial charge in [0.2, 0.25) is 21.8 Å². The largest absolute Gasteiger partial charge is 0.445 e. The fourth-order valence-electron chi connectivity index (χ4n) is 5.29. The number of alkyl carbamates (subject to hydrolysis) is 1. The standard InChI is InChI=1S/C32H41N5O6S/c1-24(38)33-18-8-7-15-28(34-32(40)43-23-25-11-5-4-6-12-25)31(39)36-19-21-37(22-20-36)44(41,42)30-17-10-13-26-27(30)14-9-16-29(26)35(2)3/h4-6,9-14,16-17,28H,7-8,15,18-23H2,1-3H3,(H,33,38)(H,34,40)/t28-/m0/s1. The summed E-state index contributed by atoms with van der Waals surface area (Å²) in [6.07, 6.45) is 0.862. The van der Waals surface area contributed by atoms with Crippen molar-refractivity contribution < 1.29 is 27.5 Å². The molecule has 0 radical (unpaired) electrons. The highest BCUT2D eigenvalue weighted by atomic mass is 32.2. The van der Waals surface area contributed by atoms with E-state index in [4.69, 9.17) is 4.74 Å². The molecule has 236 valence electrons. The minimum atomic E-state index is -3.83. The molecule has 0 saturated carbocycles. The number of benzene rings is 3. The predicted octanol–water partition coefficient (Wildman–Crippen LogP) is 3.34. The first-order chi connectivity index (χ1) is 21.1. The third kappa shape index (κ3) is 8.26. The van der Waals surface area contributed by atoms with Crippen LogP contribution in [0, 0.1) is 0 Å². The molecule has 3 amide bonds. The SMILES string of the molecule is CC(=O)NCCCC[C@H](NC(=O)OCc1ccccc1)C(=O)N1CCN(S(=O)(=O)c2cccc3c(N(C)C)cccc23)CC1. The van der Waals surface area contributed by atoms with Gasteiger partial charge < -0.3 is 25.2 Å². The zero-order valence-corrected chi connectivity index (χ0v) is 26.3. The first kappa shape index (κ1) is 32.7. The summed E-state index contributed by atoms with van der Waals surface area (Å²) < 4.78 is 34.3. The van der Waals surface area contributed by atoms with Gasteiger partial charge in [-0.3, -0.25) is 9.59 Å². The van der Waals surface area contributed by atoms with E-state index in [1.807, 2.05) is 73.6 Å². The van der Waals surface area contributed by atoms with Crippen molar-refractivity contribution in [3.8, 4) is 0 Å². The number of sulfonamides is 1. The molecule has 1 atom stereocenters. The number of piperazine rings is 1. The second kappa shape index (κ2) is 15.0. The van der Waals surface area contributed by atoms with Gasteiger partial charge in [-0.05, 0) is 37.0 Å². The number of fused-ring (bicyclic) bond motifs is 1. The lowest BCUT2D eigenvalue weighted by atomic mass is 10.1. The lowest BCUT2D eigenvalue weighted by molar-refractivity contribution is -0.134. The van der Waals surface area contributed by atoms with Crippen LogP contribution in [0.4, 0.5) is 10.5 Å². The molecule has 0 unspecified atom stereocenters. The van der Waals surface area contributed by atoms with Crippen molar-refractivity contribution in [2.45, 2.75) is 43.7 Å². The van der Waals surface area contributed by atoms with Crippen LogP contribution in [-0.2, 0) is 31.0 Å². The summed E-state index contributed by atoms with van der Waals surface area (Å²) in [5.74, 6) is -0.422. The Bertz CT molecular complexity index is 1560. The van der Waals surface area contributed by atoms with Gasteiger partial charge in [0.25, 0.3) is 0 Å². The zero-order chi connectivity index (χ0) is 31.7. The van der Waals surface area contributed by atoms with E-state index in [9.17, 15) is 22.8 Å². The maximum absolute atomic E-state index is 13.8. The van der Waals surface area contributed by atoms with Crippen LogP contribution in [0.3, 0.4) is 0 Å². The van der Waals surface area contributed by atoms with Crippen molar-refractivity contribution in [3.63, 3.8) is 0 Å². The Hall–Kier alpha value is -4.16. The van der Waals surface area contributed by atoms with Gasteiger partial charge >= 0.3 is 6.09 Å². The summed E-state index contributed by atoms with van der Waals surface area (Å²) in [6.45, 7) is 2.62. The summed E-state index contributed by atoms with van der Waals surface area (Å²) >= 11 is 0. The van der Waals surface area contributed by atoms with Gasteiger partial charge in [0.05, 0.1) is 4.90 Å². The number of anilines is 1. The molecule has 1 aliphatic heterocycles. The van der Waals surface area contributed by atoms with Crippen LogP contribution in [0.25, 0.3) is 10.8 Å². The first-order valence-electron chi connectivity index (χ1n) is 14.8. The van der Waals surface area contributed by atoms with E-state index in [1.165, 1.54) is 11.2 Å². The molecule has 1 fully saturated rings. The quantitative estimate of drug-likeness (QED) is 0.296. The average Bonchev–Trinajstić information content (AvgIpc) is 3.02. The second-order valence-corrected chi connectivity index (χ2v) is 12.9. The molecule has 3 aromatic carbocycles. The summed E-state index contributed by atoms with van der Waals surface area (Å²) in [6, 6.07) is 19.3. The van der Waals surface area contributed by atoms with Crippen molar-refractivity contribution in [2.24, 2.45) is 0 Å². The van der Waals surface area contributed by atoms with Gasteiger partial charge in [-0.25, -0.2) is 13.2 Å². The lowest BCUT2D eigenvalue weighted by Crippen LogP contribution is -2.55. The number of nitrogens with one attached hydrogen (secondary N) is 2. The fraction of sp³-hybridized carbons (Fsp3) is 0.406. The third-order valence-electron chi connectivity index (χ3n) is 7.61. The van der Waals surface area contributed by atoms with E-state index in [-0.39, 0.29) is 49.5 Å². The molecule has 4 rings (SSSR count). The highest BCUT2D eigenvalue weighted by molar-refractivity contribution is 7.89. The van der Waals surface area contributed by atoms with Gasteiger partial charge in [0.1, 0.15) is 12.6 Å². The van der Waals surface area contributed by atoms with Gasteiger partial charge in [0.15, 0.2) is 0 Å². The molecule has 11 nitrogen and oxygen atoms in total. The van der Waals surface area contributed by atoms with Crippen LogP contribution >= 0.6 is 0 Å². The normalized spacial score (nSPS) is 14.6. The number of hydrogen-bond donors (Lipinski definition) is 2. The summed E-state index contributed by atoms with van der Waals surface area (Å²) in [5.41, 5.74) is 1.75. The molecule has 0 aromatic heterocycles. The number of unbranched alkanes of at least 4 members (excludes halogenated alkanes) is 1. The number of amides is 3. The Morgan fingerprint density at radius 1 is 0.886 bits per heavy atom. The Labute approximate surface area is 259 Å². The molecule has 44 heavy (non-hydrogen) atoms. The summed E-state index contributed by atoms with van der Waals surface area (Å²) in [5, 5.41) is 6.94. The molecule has 0 spiro atoms. The van der Waals surface area contributed by atoms with E-state index in [1.54, 1.807) is 17.0 Å². The second-order valence-electron chi connectivity index (χ2n) is 11.0. The fourth-order valence-corrected chi connectivity index (χ4v) is 6.92. The van der Waals surface area contributed by atoms with Crippen LogP contribution < -0.4 is 15.5 Å². The van der Waals surface area contributed by atoms with Crippen LogP contribution in [0.2, 0.25) is 0 Å². The van der Waals surface area contributed by atoms with Gasteiger partial charge in [-0.2, -0.15) is 4.31 Å². The Morgan fingerprint density at radius 2 is 1.57 bits per heavy atom.